The lowest BCUT2D eigenvalue weighted by molar-refractivity contribution is -0.0177. The van der Waals surface area contributed by atoms with E-state index in [9.17, 15) is 4.79 Å². The Kier molecular flexibility index (Phi) is 2.70. The Labute approximate surface area is 87.4 Å². The minimum absolute atomic E-state index is 0.0296. The maximum Gasteiger partial charge on any atom is 0.189 e. The third-order valence-corrected chi connectivity index (χ3v) is 2.36. The van der Waals surface area contributed by atoms with E-state index >= 15 is 0 Å². The summed E-state index contributed by atoms with van der Waals surface area (Å²) < 4.78 is 10.4. The molecule has 0 atom stereocenters. The molecule has 4 nitrogen and oxygen atoms in total. The molecule has 4 heteroatoms. The molecule has 1 aliphatic rings. The molecule has 1 N–H and O–H groups in total. The van der Waals surface area contributed by atoms with Gasteiger partial charge in [-0.25, -0.2) is 0 Å². The zero-order chi connectivity index (χ0) is 10.8. The standard InChI is InChI=1S/C11H12O4/c1-7(13)8-2-9(4-12)11-10(3-8)5-14-6-15-11/h2-3,12H,4-6H2,1H3. The molecule has 0 amide bonds. The molecule has 15 heavy (non-hydrogen) atoms. The van der Waals surface area contributed by atoms with Crippen LogP contribution in [0.2, 0.25) is 0 Å². The molecule has 80 valence electrons. The fraction of sp³-hybridized carbons (Fsp3) is 0.364. The average molecular weight is 208 g/mol. The van der Waals surface area contributed by atoms with E-state index in [4.69, 9.17) is 14.6 Å². The number of benzene rings is 1. The molecule has 2 rings (SSSR count). The van der Waals surface area contributed by atoms with Gasteiger partial charge in [-0.05, 0) is 19.1 Å². The summed E-state index contributed by atoms with van der Waals surface area (Å²) in [5.41, 5.74) is 2.03. The van der Waals surface area contributed by atoms with Crippen molar-refractivity contribution in [2.75, 3.05) is 6.79 Å². The van der Waals surface area contributed by atoms with Crippen LogP contribution >= 0.6 is 0 Å². The van der Waals surface area contributed by atoms with Crippen molar-refractivity contribution in [3.05, 3.63) is 28.8 Å². The van der Waals surface area contributed by atoms with Gasteiger partial charge in [-0.1, -0.05) is 0 Å². The van der Waals surface area contributed by atoms with Crippen molar-refractivity contribution >= 4 is 5.78 Å². The molecule has 0 unspecified atom stereocenters. The normalized spacial score (nSPS) is 14.3. The van der Waals surface area contributed by atoms with Crippen molar-refractivity contribution < 1.29 is 19.4 Å². The molecule has 1 aromatic rings. The molecule has 0 aromatic heterocycles. The molecule has 0 fully saturated rings. The molecule has 0 bridgehead atoms. The minimum atomic E-state index is -0.135. The van der Waals surface area contributed by atoms with Crippen LogP contribution in [0.4, 0.5) is 0 Å². The average Bonchev–Trinajstić information content (AvgIpc) is 2.27. The van der Waals surface area contributed by atoms with Gasteiger partial charge in [0.15, 0.2) is 12.6 Å². The van der Waals surface area contributed by atoms with Crippen LogP contribution in [0.5, 0.6) is 5.75 Å². The Bertz CT molecular complexity index is 381. The number of ketones is 1. The van der Waals surface area contributed by atoms with Crippen LogP contribution in [0.25, 0.3) is 0 Å². The summed E-state index contributed by atoms with van der Waals surface area (Å²) in [6.07, 6.45) is 0. The second kappa shape index (κ2) is 4.00. The first-order valence-electron chi connectivity index (χ1n) is 4.70. The quantitative estimate of drug-likeness (QED) is 0.743. The molecule has 1 aromatic carbocycles. The van der Waals surface area contributed by atoms with Crippen molar-refractivity contribution in [2.45, 2.75) is 20.1 Å². The third-order valence-electron chi connectivity index (χ3n) is 2.36. The van der Waals surface area contributed by atoms with E-state index in [2.05, 4.69) is 0 Å². The van der Waals surface area contributed by atoms with Crippen molar-refractivity contribution in [1.29, 1.82) is 0 Å². The highest BCUT2D eigenvalue weighted by Gasteiger charge is 2.17. The summed E-state index contributed by atoms with van der Waals surface area (Å²) in [6.45, 7) is 1.97. The van der Waals surface area contributed by atoms with Crippen LogP contribution in [0.3, 0.4) is 0 Å². The lowest BCUT2D eigenvalue weighted by Crippen LogP contribution is -2.14. The molecule has 1 aliphatic heterocycles. The van der Waals surface area contributed by atoms with Gasteiger partial charge in [0.25, 0.3) is 0 Å². The SMILES string of the molecule is CC(=O)c1cc(CO)c2c(c1)COCO2. The first-order valence-corrected chi connectivity index (χ1v) is 4.70. The maximum atomic E-state index is 11.2. The van der Waals surface area contributed by atoms with Gasteiger partial charge < -0.3 is 14.6 Å². The van der Waals surface area contributed by atoms with E-state index in [1.165, 1.54) is 6.92 Å². The van der Waals surface area contributed by atoms with Crippen LogP contribution in [0.15, 0.2) is 12.1 Å². The van der Waals surface area contributed by atoms with Crippen LogP contribution in [-0.4, -0.2) is 17.7 Å². The number of fused-ring (bicyclic) bond motifs is 1. The molecular weight excluding hydrogens is 196 g/mol. The first kappa shape index (κ1) is 10.1. The molecule has 0 radical (unpaired) electrons. The van der Waals surface area contributed by atoms with Crippen LogP contribution in [-0.2, 0) is 18.0 Å². The number of carbonyl (C=O) groups excluding carboxylic acids is 1. The largest absolute Gasteiger partial charge is 0.467 e. The molecular formula is C11H12O4. The number of carbonyl (C=O) groups is 1. The van der Waals surface area contributed by atoms with Crippen LogP contribution in [0.1, 0.15) is 28.4 Å². The Morgan fingerprint density at radius 1 is 1.53 bits per heavy atom. The number of ether oxygens (including phenoxy) is 2. The summed E-state index contributed by atoms with van der Waals surface area (Å²) in [6, 6.07) is 3.41. The van der Waals surface area contributed by atoms with Crippen LogP contribution < -0.4 is 4.74 Å². The lowest BCUT2D eigenvalue weighted by atomic mass is 10.0. The van der Waals surface area contributed by atoms with Gasteiger partial charge >= 0.3 is 0 Å². The van der Waals surface area contributed by atoms with Gasteiger partial charge in [0.2, 0.25) is 0 Å². The molecule has 0 saturated heterocycles. The van der Waals surface area contributed by atoms with E-state index in [0.717, 1.165) is 5.56 Å². The van der Waals surface area contributed by atoms with Gasteiger partial charge in [0.05, 0.1) is 13.2 Å². The van der Waals surface area contributed by atoms with Crippen LogP contribution in [0, 0.1) is 0 Å². The topological polar surface area (TPSA) is 55.8 Å². The predicted molar refractivity (Wildman–Crippen MR) is 52.7 cm³/mol. The second-order valence-corrected chi connectivity index (χ2v) is 3.45. The van der Waals surface area contributed by atoms with E-state index in [1.54, 1.807) is 12.1 Å². The Hall–Kier alpha value is -1.39. The molecule has 1 heterocycles. The Morgan fingerprint density at radius 3 is 3.00 bits per heavy atom. The number of rotatable bonds is 2. The highest BCUT2D eigenvalue weighted by molar-refractivity contribution is 5.94. The van der Waals surface area contributed by atoms with E-state index < -0.39 is 0 Å². The van der Waals surface area contributed by atoms with Gasteiger partial charge in [-0.3, -0.25) is 4.79 Å². The number of hydrogen-bond donors (Lipinski definition) is 1. The second-order valence-electron chi connectivity index (χ2n) is 3.45. The fourth-order valence-electron chi connectivity index (χ4n) is 1.62. The third kappa shape index (κ3) is 1.86. The minimum Gasteiger partial charge on any atom is -0.467 e. The van der Waals surface area contributed by atoms with Crippen molar-refractivity contribution in [1.82, 2.24) is 0 Å². The summed E-state index contributed by atoms with van der Waals surface area (Å²) in [7, 11) is 0. The number of Topliss-reactive ketones (excluding diaryl/α,β-unsaturated/α-hetero) is 1. The van der Waals surface area contributed by atoms with E-state index in [0.29, 0.717) is 23.5 Å². The summed E-state index contributed by atoms with van der Waals surface area (Å²) in [5.74, 6) is 0.617. The van der Waals surface area contributed by atoms with Crippen molar-refractivity contribution in [3.63, 3.8) is 0 Å². The van der Waals surface area contributed by atoms with Crippen molar-refractivity contribution in [2.24, 2.45) is 0 Å². The van der Waals surface area contributed by atoms with Gasteiger partial charge in [0.1, 0.15) is 5.75 Å². The number of hydrogen-bond acceptors (Lipinski definition) is 4. The summed E-state index contributed by atoms with van der Waals surface area (Å²) in [4.78, 5) is 11.2. The Morgan fingerprint density at radius 2 is 2.33 bits per heavy atom. The zero-order valence-electron chi connectivity index (χ0n) is 8.45. The maximum absolute atomic E-state index is 11.2. The van der Waals surface area contributed by atoms with Gasteiger partial charge in [-0.15, -0.1) is 0 Å². The van der Waals surface area contributed by atoms with Crippen molar-refractivity contribution in [3.8, 4) is 5.75 Å². The molecule has 0 spiro atoms. The Balaban J connectivity index is 2.52. The lowest BCUT2D eigenvalue weighted by Gasteiger charge is -2.20. The first-order chi connectivity index (χ1) is 7.22. The number of aliphatic hydroxyl groups is 1. The summed E-state index contributed by atoms with van der Waals surface area (Å²) >= 11 is 0. The number of aliphatic hydroxyl groups excluding tert-OH is 1. The monoisotopic (exact) mass is 208 g/mol. The van der Waals surface area contributed by atoms with E-state index in [1.807, 2.05) is 0 Å². The highest BCUT2D eigenvalue weighted by Crippen LogP contribution is 2.29. The molecule has 0 aliphatic carbocycles. The zero-order valence-corrected chi connectivity index (χ0v) is 8.45. The van der Waals surface area contributed by atoms with E-state index in [-0.39, 0.29) is 19.2 Å². The highest BCUT2D eigenvalue weighted by atomic mass is 16.7. The predicted octanol–water partition coefficient (Wildman–Crippen LogP) is 1.25. The fourth-order valence-corrected chi connectivity index (χ4v) is 1.62. The molecule has 0 saturated carbocycles. The smallest absolute Gasteiger partial charge is 0.189 e. The summed E-state index contributed by atoms with van der Waals surface area (Å²) in [5, 5.41) is 9.17. The van der Waals surface area contributed by atoms with Gasteiger partial charge in [0, 0.05) is 16.7 Å². The van der Waals surface area contributed by atoms with Gasteiger partial charge in [-0.2, -0.15) is 0 Å².